The minimum Gasteiger partial charge on any atom is -0.497 e. The van der Waals surface area contributed by atoms with Crippen LogP contribution in [0.15, 0.2) is 24.3 Å². The van der Waals surface area contributed by atoms with Gasteiger partial charge >= 0.3 is 0 Å². The number of aliphatic hydroxyl groups is 1. The van der Waals surface area contributed by atoms with Crippen molar-refractivity contribution in [3.05, 3.63) is 29.8 Å². The number of methoxy groups -OCH3 is 1. The van der Waals surface area contributed by atoms with Crippen molar-refractivity contribution in [3.8, 4) is 29.4 Å². The molecule has 0 aromatic heterocycles. The van der Waals surface area contributed by atoms with Crippen LogP contribution in [-0.4, -0.2) is 24.9 Å². The second-order valence-corrected chi connectivity index (χ2v) is 5.11. The third-order valence-electron chi connectivity index (χ3n) is 3.18. The standard InChI is InChI=1S/C20H26O3/c1-3-4-5-6-7-10-20(11-8-9-16-21)23-17-18-12-14-19(22-2)15-13-18/h12-15,20-21H,3-6,9,16-17H2,1-2H3/t20-/m1/s1. The van der Waals surface area contributed by atoms with Gasteiger partial charge in [0.15, 0.2) is 6.10 Å². The van der Waals surface area contributed by atoms with E-state index >= 15 is 0 Å². The maximum Gasteiger partial charge on any atom is 0.179 e. The molecule has 0 spiro atoms. The molecule has 0 aliphatic rings. The Morgan fingerprint density at radius 1 is 1.04 bits per heavy atom. The number of benzene rings is 1. The van der Waals surface area contributed by atoms with Crippen LogP contribution in [0.3, 0.4) is 0 Å². The molecule has 1 rings (SSSR count). The van der Waals surface area contributed by atoms with Crippen molar-refractivity contribution in [2.24, 2.45) is 0 Å². The highest BCUT2D eigenvalue weighted by Gasteiger charge is 2.02. The molecule has 1 aromatic rings. The Balaban J connectivity index is 2.55. The summed E-state index contributed by atoms with van der Waals surface area (Å²) in [4.78, 5) is 0. The SMILES string of the molecule is CCCCCC#C[C@H](C#CCCO)OCc1ccc(OC)cc1. The highest BCUT2D eigenvalue weighted by Crippen LogP contribution is 2.12. The molecule has 1 atom stereocenters. The number of ether oxygens (including phenoxy) is 2. The fraction of sp³-hybridized carbons (Fsp3) is 0.500. The van der Waals surface area contributed by atoms with Gasteiger partial charge in [-0.15, -0.1) is 0 Å². The van der Waals surface area contributed by atoms with Gasteiger partial charge in [0, 0.05) is 12.8 Å². The van der Waals surface area contributed by atoms with Crippen LogP contribution in [-0.2, 0) is 11.3 Å². The summed E-state index contributed by atoms with van der Waals surface area (Å²) in [5.74, 6) is 12.9. The second kappa shape index (κ2) is 12.6. The molecule has 0 aliphatic heterocycles. The van der Waals surface area contributed by atoms with Gasteiger partial charge < -0.3 is 14.6 Å². The third-order valence-corrected chi connectivity index (χ3v) is 3.18. The van der Waals surface area contributed by atoms with E-state index in [1.807, 2.05) is 24.3 Å². The van der Waals surface area contributed by atoms with Crippen LogP contribution in [0.1, 0.15) is 44.6 Å². The molecule has 0 heterocycles. The van der Waals surface area contributed by atoms with Gasteiger partial charge in [-0.2, -0.15) is 0 Å². The summed E-state index contributed by atoms with van der Waals surface area (Å²) in [5.41, 5.74) is 1.05. The average molecular weight is 314 g/mol. The Kier molecular flexibility index (Phi) is 10.5. The van der Waals surface area contributed by atoms with E-state index in [1.54, 1.807) is 7.11 Å². The van der Waals surface area contributed by atoms with E-state index in [0.29, 0.717) is 13.0 Å². The average Bonchev–Trinajstić information content (AvgIpc) is 2.59. The van der Waals surface area contributed by atoms with E-state index in [-0.39, 0.29) is 6.61 Å². The smallest absolute Gasteiger partial charge is 0.179 e. The van der Waals surface area contributed by atoms with E-state index < -0.39 is 6.10 Å². The van der Waals surface area contributed by atoms with Crippen molar-refractivity contribution in [2.45, 2.75) is 51.7 Å². The molecule has 0 fully saturated rings. The van der Waals surface area contributed by atoms with Gasteiger partial charge in [-0.05, 0) is 24.1 Å². The normalized spacial score (nSPS) is 10.9. The number of hydrogen-bond acceptors (Lipinski definition) is 3. The Hall–Kier alpha value is -1.94. The van der Waals surface area contributed by atoms with E-state index in [2.05, 4.69) is 30.6 Å². The van der Waals surface area contributed by atoms with Gasteiger partial charge in [-0.1, -0.05) is 55.6 Å². The highest BCUT2D eigenvalue weighted by atomic mass is 16.5. The van der Waals surface area contributed by atoms with Crippen LogP contribution in [0, 0.1) is 23.7 Å². The Bertz CT molecular complexity index is 540. The monoisotopic (exact) mass is 314 g/mol. The second-order valence-electron chi connectivity index (χ2n) is 5.11. The molecule has 0 radical (unpaired) electrons. The first-order chi connectivity index (χ1) is 11.3. The first-order valence-corrected chi connectivity index (χ1v) is 8.12. The maximum atomic E-state index is 8.82. The molecule has 0 saturated heterocycles. The van der Waals surface area contributed by atoms with Gasteiger partial charge in [0.25, 0.3) is 0 Å². The zero-order valence-electron chi connectivity index (χ0n) is 14.1. The van der Waals surface area contributed by atoms with Crippen molar-refractivity contribution >= 4 is 0 Å². The van der Waals surface area contributed by atoms with Crippen LogP contribution < -0.4 is 4.74 Å². The summed E-state index contributed by atoms with van der Waals surface area (Å²) in [6.07, 6.45) is 4.40. The minimum absolute atomic E-state index is 0.0577. The zero-order chi connectivity index (χ0) is 16.8. The molecule has 3 nitrogen and oxygen atoms in total. The van der Waals surface area contributed by atoms with E-state index in [0.717, 1.165) is 24.2 Å². The summed E-state index contributed by atoms with van der Waals surface area (Å²) in [6, 6.07) is 7.74. The van der Waals surface area contributed by atoms with E-state index in [9.17, 15) is 0 Å². The highest BCUT2D eigenvalue weighted by molar-refractivity contribution is 5.27. The van der Waals surface area contributed by atoms with Crippen LogP contribution in [0.2, 0.25) is 0 Å². The molecule has 124 valence electrons. The molecule has 1 N–H and O–H groups in total. The van der Waals surface area contributed by atoms with Crippen LogP contribution in [0.4, 0.5) is 0 Å². The summed E-state index contributed by atoms with van der Waals surface area (Å²) in [6.45, 7) is 2.68. The van der Waals surface area contributed by atoms with E-state index in [4.69, 9.17) is 14.6 Å². The number of aliphatic hydroxyl groups excluding tert-OH is 1. The molecule has 0 aliphatic carbocycles. The van der Waals surface area contributed by atoms with Crippen molar-refractivity contribution in [1.29, 1.82) is 0 Å². The quantitative estimate of drug-likeness (QED) is 0.589. The number of unbranched alkanes of at least 4 members (excludes halogenated alkanes) is 3. The molecule has 0 amide bonds. The topological polar surface area (TPSA) is 38.7 Å². The van der Waals surface area contributed by atoms with Crippen molar-refractivity contribution in [1.82, 2.24) is 0 Å². The Labute approximate surface area is 140 Å². The minimum atomic E-state index is -0.412. The first-order valence-electron chi connectivity index (χ1n) is 8.12. The fourth-order valence-electron chi connectivity index (χ4n) is 1.87. The summed E-state index contributed by atoms with van der Waals surface area (Å²) < 4.78 is 10.9. The molecule has 0 unspecified atom stereocenters. The molecule has 3 heteroatoms. The van der Waals surface area contributed by atoms with Gasteiger partial charge in [0.1, 0.15) is 5.75 Å². The zero-order valence-corrected chi connectivity index (χ0v) is 14.1. The van der Waals surface area contributed by atoms with Gasteiger partial charge in [0.2, 0.25) is 0 Å². The Morgan fingerprint density at radius 2 is 1.74 bits per heavy atom. The Morgan fingerprint density at radius 3 is 2.35 bits per heavy atom. The largest absolute Gasteiger partial charge is 0.497 e. The molecule has 0 bridgehead atoms. The lowest BCUT2D eigenvalue weighted by atomic mass is 10.2. The van der Waals surface area contributed by atoms with E-state index in [1.165, 1.54) is 12.8 Å². The lowest BCUT2D eigenvalue weighted by Gasteiger charge is -2.07. The summed E-state index contributed by atoms with van der Waals surface area (Å²) in [5, 5.41) is 8.82. The fourth-order valence-corrected chi connectivity index (χ4v) is 1.87. The van der Waals surface area contributed by atoms with Crippen molar-refractivity contribution in [2.75, 3.05) is 13.7 Å². The van der Waals surface area contributed by atoms with Gasteiger partial charge in [-0.25, -0.2) is 0 Å². The summed E-state index contributed by atoms with van der Waals surface area (Å²) in [7, 11) is 1.65. The maximum absolute atomic E-state index is 8.82. The summed E-state index contributed by atoms with van der Waals surface area (Å²) >= 11 is 0. The van der Waals surface area contributed by atoms with Crippen LogP contribution >= 0.6 is 0 Å². The third kappa shape index (κ3) is 8.94. The van der Waals surface area contributed by atoms with Gasteiger partial charge in [-0.3, -0.25) is 0 Å². The van der Waals surface area contributed by atoms with Crippen molar-refractivity contribution < 1.29 is 14.6 Å². The van der Waals surface area contributed by atoms with Crippen LogP contribution in [0.5, 0.6) is 5.75 Å². The molecule has 1 aromatic carbocycles. The lowest BCUT2D eigenvalue weighted by molar-refractivity contribution is 0.113. The molecule has 0 saturated carbocycles. The first kappa shape index (κ1) is 19.1. The molecule has 23 heavy (non-hydrogen) atoms. The predicted molar refractivity (Wildman–Crippen MR) is 93.0 cm³/mol. The number of rotatable bonds is 8. The molecular weight excluding hydrogens is 288 g/mol. The number of hydrogen-bond donors (Lipinski definition) is 1. The lowest BCUT2D eigenvalue weighted by Crippen LogP contribution is -2.08. The molecular formula is C20H26O3. The predicted octanol–water partition coefficient (Wildman–Crippen LogP) is 3.55. The van der Waals surface area contributed by atoms with Gasteiger partial charge in [0.05, 0.1) is 20.3 Å². The van der Waals surface area contributed by atoms with Crippen molar-refractivity contribution in [3.63, 3.8) is 0 Å². The van der Waals surface area contributed by atoms with Crippen LogP contribution in [0.25, 0.3) is 0 Å².